The summed E-state index contributed by atoms with van der Waals surface area (Å²) < 4.78 is 14.6. The fourth-order valence-corrected chi connectivity index (χ4v) is 4.96. The number of unbranched alkanes of at least 4 members (excludes halogenated alkanes) is 12. The second-order valence-corrected chi connectivity index (χ2v) is 10.1. The molecule has 2 rings (SSSR count). The van der Waals surface area contributed by atoms with Crippen LogP contribution in [-0.2, 0) is 39.3 Å². The summed E-state index contributed by atoms with van der Waals surface area (Å²) in [5.74, 6) is 0.0117. The van der Waals surface area contributed by atoms with Gasteiger partial charge >= 0.3 is 11.9 Å². The van der Waals surface area contributed by atoms with E-state index >= 15 is 0 Å². The van der Waals surface area contributed by atoms with Crippen molar-refractivity contribution >= 4 is 11.9 Å². The first-order valence-electron chi connectivity index (χ1n) is 13.9. The molecule has 1 aromatic heterocycles. The van der Waals surface area contributed by atoms with Crippen LogP contribution in [0.25, 0.3) is 0 Å². The van der Waals surface area contributed by atoms with Gasteiger partial charge in [-0.25, -0.2) is 9.13 Å². The maximum Gasteiger partial charge on any atom is 0.309 e. The van der Waals surface area contributed by atoms with Crippen molar-refractivity contribution in [2.24, 2.45) is 18.9 Å². The Bertz CT molecular complexity index is 715. The van der Waals surface area contributed by atoms with Crippen LogP contribution >= 0.6 is 0 Å². The molecule has 0 amide bonds. The maximum absolute atomic E-state index is 12.1. The molecule has 1 fully saturated rings. The van der Waals surface area contributed by atoms with Crippen molar-refractivity contribution in [2.75, 3.05) is 6.61 Å². The number of cyclic esters (lactones) is 1. The van der Waals surface area contributed by atoms with E-state index in [0.717, 1.165) is 31.4 Å². The van der Waals surface area contributed by atoms with E-state index < -0.39 is 0 Å². The number of esters is 2. The Morgan fingerprint density at radius 3 is 2.18 bits per heavy atom. The molecule has 34 heavy (non-hydrogen) atoms. The summed E-state index contributed by atoms with van der Waals surface area (Å²) in [6.07, 6.45) is 22.9. The molecule has 1 aliphatic rings. The molecule has 1 saturated heterocycles. The molecule has 1 aromatic rings. The smallest absolute Gasteiger partial charge is 0.309 e. The summed E-state index contributed by atoms with van der Waals surface area (Å²) >= 11 is 0. The van der Waals surface area contributed by atoms with E-state index in [1.165, 1.54) is 70.6 Å². The van der Waals surface area contributed by atoms with Gasteiger partial charge < -0.3 is 9.47 Å². The fraction of sp³-hybridized carbons (Fsp3) is 0.821. The zero-order valence-corrected chi connectivity index (χ0v) is 22.1. The molecule has 0 radical (unpaired) electrons. The Kier molecular flexibility index (Phi) is 14.0. The molecule has 2 heterocycles. The predicted molar refractivity (Wildman–Crippen MR) is 134 cm³/mol. The van der Waals surface area contributed by atoms with Crippen molar-refractivity contribution in [3.05, 3.63) is 18.2 Å². The lowest BCUT2D eigenvalue weighted by Crippen LogP contribution is -2.33. The lowest BCUT2D eigenvalue weighted by atomic mass is 9.89. The highest BCUT2D eigenvalue weighted by Crippen LogP contribution is 2.28. The van der Waals surface area contributed by atoms with Gasteiger partial charge in [0.05, 0.1) is 19.6 Å². The van der Waals surface area contributed by atoms with Crippen molar-refractivity contribution in [1.82, 2.24) is 4.57 Å². The number of imidazole rings is 1. The van der Waals surface area contributed by atoms with Crippen LogP contribution < -0.4 is 4.57 Å². The SMILES string of the molecule is CCCCCCCCCCCCCCCC(=O)OC[n+]1cc(C[C@H]2COC(=O)[C@H]2CC)n(C)c1. The number of aryl methyl sites for hydroxylation is 1. The molecule has 0 aromatic carbocycles. The van der Waals surface area contributed by atoms with E-state index in [-0.39, 0.29) is 30.5 Å². The van der Waals surface area contributed by atoms with Crippen LogP contribution in [0.5, 0.6) is 0 Å². The van der Waals surface area contributed by atoms with Crippen LogP contribution in [-0.4, -0.2) is 23.1 Å². The first-order chi connectivity index (χ1) is 16.5. The number of carbonyl (C=O) groups is 2. The molecule has 0 spiro atoms. The molecule has 0 saturated carbocycles. The van der Waals surface area contributed by atoms with Gasteiger partial charge in [-0.2, -0.15) is 0 Å². The maximum atomic E-state index is 12.1. The Morgan fingerprint density at radius 1 is 1.00 bits per heavy atom. The number of aromatic nitrogens is 2. The van der Waals surface area contributed by atoms with E-state index in [1.807, 2.05) is 35.6 Å². The minimum Gasteiger partial charge on any atom is -0.465 e. The van der Waals surface area contributed by atoms with Gasteiger partial charge in [0.1, 0.15) is 11.9 Å². The summed E-state index contributed by atoms with van der Waals surface area (Å²) in [4.78, 5) is 23.9. The number of nitrogens with zero attached hydrogens (tertiary/aromatic N) is 2. The van der Waals surface area contributed by atoms with Gasteiger partial charge in [0.2, 0.25) is 13.1 Å². The zero-order valence-electron chi connectivity index (χ0n) is 22.1. The number of ether oxygens (including phenoxy) is 2. The molecule has 6 nitrogen and oxygen atoms in total. The number of carbonyl (C=O) groups excluding carboxylic acids is 2. The lowest BCUT2D eigenvalue weighted by molar-refractivity contribution is -0.727. The summed E-state index contributed by atoms with van der Waals surface area (Å²) in [7, 11) is 1.99. The largest absolute Gasteiger partial charge is 0.465 e. The second kappa shape index (κ2) is 16.7. The van der Waals surface area contributed by atoms with E-state index in [0.29, 0.717) is 13.0 Å². The molecule has 194 valence electrons. The minimum absolute atomic E-state index is 0.0125. The standard InChI is InChI=1S/C28H49N2O4/c1-4-6-7-8-9-10-11-12-13-14-15-16-17-18-27(31)34-23-30-20-25(29(3)22-30)19-24-21-33-28(32)26(24)5-2/h20,22,24,26H,4-19,21,23H2,1-3H3/q+1/t24-,26-/m0/s1. The highest BCUT2D eigenvalue weighted by Gasteiger charge is 2.36. The van der Waals surface area contributed by atoms with Crippen LogP contribution in [0.3, 0.4) is 0 Å². The molecular formula is C28H49N2O4+. The van der Waals surface area contributed by atoms with Crippen molar-refractivity contribution in [1.29, 1.82) is 0 Å². The van der Waals surface area contributed by atoms with Crippen LogP contribution in [0.1, 0.15) is 116 Å². The molecule has 0 aliphatic carbocycles. The second-order valence-electron chi connectivity index (χ2n) is 10.1. The molecule has 6 heteroatoms. The van der Waals surface area contributed by atoms with Gasteiger partial charge in [-0.05, 0) is 12.8 Å². The highest BCUT2D eigenvalue weighted by molar-refractivity contribution is 5.74. The fourth-order valence-electron chi connectivity index (χ4n) is 4.96. The number of hydrogen-bond acceptors (Lipinski definition) is 4. The van der Waals surface area contributed by atoms with Crippen molar-refractivity contribution in [2.45, 2.75) is 123 Å². The zero-order chi connectivity index (χ0) is 24.6. The van der Waals surface area contributed by atoms with Crippen molar-refractivity contribution in [3.8, 4) is 0 Å². The molecule has 0 bridgehead atoms. The summed E-state index contributed by atoms with van der Waals surface area (Å²) in [5, 5.41) is 0. The Balaban J connectivity index is 1.49. The van der Waals surface area contributed by atoms with E-state index in [2.05, 4.69) is 6.92 Å². The number of hydrogen-bond donors (Lipinski definition) is 0. The summed E-state index contributed by atoms with van der Waals surface area (Å²) in [5.41, 5.74) is 1.12. The lowest BCUT2D eigenvalue weighted by Gasteiger charge is -2.10. The summed E-state index contributed by atoms with van der Waals surface area (Å²) in [6.45, 7) is 5.04. The third-order valence-corrected chi connectivity index (χ3v) is 7.17. The quantitative estimate of drug-likeness (QED) is 0.138. The predicted octanol–water partition coefficient (Wildman–Crippen LogP) is 6.04. The third-order valence-electron chi connectivity index (χ3n) is 7.17. The average Bonchev–Trinajstić information content (AvgIpc) is 3.36. The van der Waals surface area contributed by atoms with Gasteiger partial charge in [0.15, 0.2) is 0 Å². The van der Waals surface area contributed by atoms with Gasteiger partial charge in [-0.3, -0.25) is 9.59 Å². The third kappa shape index (κ3) is 10.6. The molecule has 2 atom stereocenters. The highest BCUT2D eigenvalue weighted by atomic mass is 16.5. The first-order valence-corrected chi connectivity index (χ1v) is 13.9. The first kappa shape index (κ1) is 28.4. The molecule has 0 N–H and O–H groups in total. The average molecular weight is 478 g/mol. The normalized spacial score (nSPS) is 17.8. The van der Waals surface area contributed by atoms with Gasteiger partial charge in [0.25, 0.3) is 0 Å². The number of rotatable bonds is 19. The Morgan fingerprint density at radius 2 is 1.59 bits per heavy atom. The Labute approximate surface area is 207 Å². The van der Waals surface area contributed by atoms with Crippen LogP contribution in [0.4, 0.5) is 0 Å². The van der Waals surface area contributed by atoms with Gasteiger partial charge in [-0.15, -0.1) is 0 Å². The van der Waals surface area contributed by atoms with Gasteiger partial charge in [-0.1, -0.05) is 90.9 Å². The minimum atomic E-state index is -0.123. The van der Waals surface area contributed by atoms with Crippen molar-refractivity contribution in [3.63, 3.8) is 0 Å². The van der Waals surface area contributed by atoms with Crippen molar-refractivity contribution < 1.29 is 23.6 Å². The molecule has 0 unspecified atom stereocenters. The molecular weight excluding hydrogens is 428 g/mol. The van der Waals surface area contributed by atoms with Crippen LogP contribution in [0.2, 0.25) is 0 Å². The monoisotopic (exact) mass is 477 g/mol. The topological polar surface area (TPSA) is 61.4 Å². The Hall–Kier alpha value is -1.85. The van der Waals surface area contributed by atoms with E-state index in [9.17, 15) is 9.59 Å². The molecule has 1 aliphatic heterocycles. The summed E-state index contributed by atoms with van der Waals surface area (Å²) in [6, 6.07) is 0. The van der Waals surface area contributed by atoms with Gasteiger partial charge in [0, 0.05) is 18.8 Å². The van der Waals surface area contributed by atoms with E-state index in [1.54, 1.807) is 0 Å². The van der Waals surface area contributed by atoms with Crippen LogP contribution in [0, 0.1) is 11.8 Å². The van der Waals surface area contributed by atoms with Crippen LogP contribution in [0.15, 0.2) is 12.5 Å². The van der Waals surface area contributed by atoms with E-state index in [4.69, 9.17) is 9.47 Å².